The molecule has 0 aliphatic rings. The molecule has 0 amide bonds. The summed E-state index contributed by atoms with van der Waals surface area (Å²) in [5.41, 5.74) is 0. The minimum atomic E-state index is 0.433. The molecule has 86 valence electrons. The molecule has 0 saturated carbocycles. The lowest BCUT2D eigenvalue weighted by molar-refractivity contribution is 0.388. The second-order valence-corrected chi connectivity index (χ2v) is 3.81. The molecule has 0 aliphatic heterocycles. The van der Waals surface area contributed by atoms with E-state index in [9.17, 15) is 0 Å². The Labute approximate surface area is 91.5 Å². The highest BCUT2D eigenvalue weighted by Gasteiger charge is 2.15. The number of aromatic nitrogens is 2. The third kappa shape index (κ3) is 3.63. The molecule has 1 aromatic heterocycles. The fraction of sp³-hybridized carbons (Fsp3) is 0.818. The van der Waals surface area contributed by atoms with Crippen LogP contribution in [0.1, 0.15) is 57.2 Å². The van der Waals surface area contributed by atoms with Gasteiger partial charge in [-0.05, 0) is 19.9 Å². The standard InChI is InChI=1S/C11H21N3O/c1-4-6-7-9(5-2)11-14-13-10(15-11)8-12-3/h9,12H,4-8H2,1-3H3. The Morgan fingerprint density at radius 3 is 2.73 bits per heavy atom. The van der Waals surface area contributed by atoms with E-state index in [1.165, 1.54) is 12.8 Å². The monoisotopic (exact) mass is 211 g/mol. The lowest BCUT2D eigenvalue weighted by atomic mass is 10.00. The molecule has 1 unspecified atom stereocenters. The lowest BCUT2D eigenvalue weighted by Crippen LogP contribution is -2.04. The second-order valence-electron chi connectivity index (χ2n) is 3.81. The largest absolute Gasteiger partial charge is 0.424 e. The molecule has 4 heteroatoms. The predicted molar refractivity (Wildman–Crippen MR) is 59.6 cm³/mol. The molecule has 4 nitrogen and oxygen atoms in total. The van der Waals surface area contributed by atoms with E-state index in [2.05, 4.69) is 29.4 Å². The smallest absolute Gasteiger partial charge is 0.230 e. The van der Waals surface area contributed by atoms with Crippen LogP contribution in [0.15, 0.2) is 4.42 Å². The Morgan fingerprint density at radius 1 is 1.33 bits per heavy atom. The molecule has 1 N–H and O–H groups in total. The van der Waals surface area contributed by atoms with Gasteiger partial charge in [0.25, 0.3) is 0 Å². The van der Waals surface area contributed by atoms with Crippen LogP contribution in [0, 0.1) is 0 Å². The number of unbranched alkanes of at least 4 members (excludes halogenated alkanes) is 1. The van der Waals surface area contributed by atoms with Crippen LogP contribution in [-0.4, -0.2) is 17.2 Å². The van der Waals surface area contributed by atoms with E-state index in [1.54, 1.807) is 0 Å². The van der Waals surface area contributed by atoms with Crippen LogP contribution in [-0.2, 0) is 6.54 Å². The van der Waals surface area contributed by atoms with Gasteiger partial charge in [-0.1, -0.05) is 26.7 Å². The number of nitrogens with one attached hydrogen (secondary N) is 1. The highest BCUT2D eigenvalue weighted by Crippen LogP contribution is 2.24. The summed E-state index contributed by atoms with van der Waals surface area (Å²) in [6, 6.07) is 0. The lowest BCUT2D eigenvalue weighted by Gasteiger charge is -2.08. The number of nitrogens with zero attached hydrogens (tertiary/aromatic N) is 2. The zero-order valence-corrected chi connectivity index (χ0v) is 9.92. The van der Waals surface area contributed by atoms with Crippen molar-refractivity contribution in [1.29, 1.82) is 0 Å². The molecule has 0 radical (unpaired) electrons. The van der Waals surface area contributed by atoms with Crippen molar-refractivity contribution in [2.75, 3.05) is 7.05 Å². The molecular weight excluding hydrogens is 190 g/mol. The van der Waals surface area contributed by atoms with Gasteiger partial charge in [-0.2, -0.15) is 0 Å². The Balaban J connectivity index is 2.57. The first kappa shape index (κ1) is 12.2. The fourth-order valence-electron chi connectivity index (χ4n) is 1.61. The van der Waals surface area contributed by atoms with Gasteiger partial charge in [-0.25, -0.2) is 0 Å². The zero-order chi connectivity index (χ0) is 11.1. The van der Waals surface area contributed by atoms with Gasteiger partial charge in [0.15, 0.2) is 0 Å². The average Bonchev–Trinajstić information content (AvgIpc) is 2.68. The van der Waals surface area contributed by atoms with E-state index in [-0.39, 0.29) is 0 Å². The van der Waals surface area contributed by atoms with Gasteiger partial charge in [0.1, 0.15) is 0 Å². The first-order chi connectivity index (χ1) is 7.31. The van der Waals surface area contributed by atoms with Gasteiger partial charge in [0.05, 0.1) is 6.54 Å². The summed E-state index contributed by atoms with van der Waals surface area (Å²) in [4.78, 5) is 0. The van der Waals surface area contributed by atoms with E-state index in [0.29, 0.717) is 18.4 Å². The van der Waals surface area contributed by atoms with Gasteiger partial charge in [0, 0.05) is 5.92 Å². The van der Waals surface area contributed by atoms with Crippen molar-refractivity contribution in [3.8, 4) is 0 Å². The Hall–Kier alpha value is -0.900. The highest BCUT2D eigenvalue weighted by molar-refractivity contribution is 4.90. The van der Waals surface area contributed by atoms with Gasteiger partial charge < -0.3 is 9.73 Å². The average molecular weight is 211 g/mol. The molecular formula is C11H21N3O. The summed E-state index contributed by atoms with van der Waals surface area (Å²) in [5.74, 6) is 1.92. The van der Waals surface area contributed by atoms with Crippen LogP contribution < -0.4 is 5.32 Å². The summed E-state index contributed by atoms with van der Waals surface area (Å²) < 4.78 is 5.59. The van der Waals surface area contributed by atoms with E-state index in [0.717, 1.165) is 18.7 Å². The first-order valence-electron chi connectivity index (χ1n) is 5.78. The second kappa shape index (κ2) is 6.56. The summed E-state index contributed by atoms with van der Waals surface area (Å²) in [5, 5.41) is 11.1. The van der Waals surface area contributed by atoms with Crippen molar-refractivity contribution < 1.29 is 4.42 Å². The van der Waals surface area contributed by atoms with E-state index in [4.69, 9.17) is 4.42 Å². The molecule has 15 heavy (non-hydrogen) atoms. The molecule has 0 saturated heterocycles. The maximum atomic E-state index is 5.59. The summed E-state index contributed by atoms with van der Waals surface area (Å²) >= 11 is 0. The summed E-state index contributed by atoms with van der Waals surface area (Å²) in [6.45, 7) is 5.02. The minimum absolute atomic E-state index is 0.433. The third-order valence-corrected chi connectivity index (χ3v) is 2.56. The van der Waals surface area contributed by atoms with Crippen LogP contribution in [0.5, 0.6) is 0 Å². The molecule has 0 fully saturated rings. The Kier molecular flexibility index (Phi) is 5.32. The first-order valence-corrected chi connectivity index (χ1v) is 5.78. The third-order valence-electron chi connectivity index (χ3n) is 2.56. The van der Waals surface area contributed by atoms with Crippen LogP contribution >= 0.6 is 0 Å². The number of rotatable bonds is 7. The van der Waals surface area contributed by atoms with Crippen LogP contribution in [0.2, 0.25) is 0 Å². The molecule has 0 aliphatic carbocycles. The molecule has 1 rings (SSSR count). The predicted octanol–water partition coefficient (Wildman–Crippen LogP) is 2.47. The maximum Gasteiger partial charge on any atom is 0.230 e. The molecule has 0 bridgehead atoms. The Bertz CT molecular complexity index is 273. The van der Waals surface area contributed by atoms with Gasteiger partial charge in [0.2, 0.25) is 11.8 Å². The molecule has 1 aromatic rings. The van der Waals surface area contributed by atoms with Crippen molar-refractivity contribution in [3.05, 3.63) is 11.8 Å². The quantitative estimate of drug-likeness (QED) is 0.752. The van der Waals surface area contributed by atoms with E-state index < -0.39 is 0 Å². The normalized spacial score (nSPS) is 13.0. The number of hydrogen-bond donors (Lipinski definition) is 1. The minimum Gasteiger partial charge on any atom is -0.424 e. The van der Waals surface area contributed by atoms with Gasteiger partial charge in [-0.3, -0.25) is 0 Å². The zero-order valence-electron chi connectivity index (χ0n) is 9.92. The van der Waals surface area contributed by atoms with Crippen molar-refractivity contribution in [1.82, 2.24) is 15.5 Å². The van der Waals surface area contributed by atoms with Crippen LogP contribution in [0.25, 0.3) is 0 Å². The fourth-order valence-corrected chi connectivity index (χ4v) is 1.61. The maximum absolute atomic E-state index is 5.59. The van der Waals surface area contributed by atoms with E-state index >= 15 is 0 Å². The summed E-state index contributed by atoms with van der Waals surface area (Å²) in [6.07, 6.45) is 4.66. The molecule has 1 atom stereocenters. The molecule has 1 heterocycles. The molecule has 0 spiro atoms. The number of hydrogen-bond acceptors (Lipinski definition) is 4. The molecule has 0 aromatic carbocycles. The van der Waals surface area contributed by atoms with Gasteiger partial charge >= 0.3 is 0 Å². The van der Waals surface area contributed by atoms with Crippen molar-refractivity contribution in [2.24, 2.45) is 0 Å². The van der Waals surface area contributed by atoms with Crippen molar-refractivity contribution in [2.45, 2.75) is 52.0 Å². The Morgan fingerprint density at radius 2 is 2.13 bits per heavy atom. The van der Waals surface area contributed by atoms with Gasteiger partial charge in [-0.15, -0.1) is 10.2 Å². The SMILES string of the molecule is CCCCC(CC)c1nnc(CNC)o1. The highest BCUT2D eigenvalue weighted by atomic mass is 16.4. The van der Waals surface area contributed by atoms with Crippen LogP contribution in [0.3, 0.4) is 0 Å². The van der Waals surface area contributed by atoms with E-state index in [1.807, 2.05) is 7.05 Å². The topological polar surface area (TPSA) is 51.0 Å². The summed E-state index contributed by atoms with van der Waals surface area (Å²) in [7, 11) is 1.87. The van der Waals surface area contributed by atoms with Crippen LogP contribution in [0.4, 0.5) is 0 Å². The van der Waals surface area contributed by atoms with Crippen molar-refractivity contribution in [3.63, 3.8) is 0 Å². The van der Waals surface area contributed by atoms with Crippen molar-refractivity contribution >= 4 is 0 Å².